The van der Waals surface area contributed by atoms with Crippen LogP contribution in [0, 0.1) is 17.5 Å². The van der Waals surface area contributed by atoms with E-state index < -0.39 is 51.3 Å². The first-order valence-corrected chi connectivity index (χ1v) is 13.0. The van der Waals surface area contributed by atoms with Gasteiger partial charge in [-0.05, 0) is 30.7 Å². The van der Waals surface area contributed by atoms with E-state index in [1.807, 2.05) is 0 Å². The molecule has 3 amide bonds. The van der Waals surface area contributed by atoms with E-state index in [9.17, 15) is 22.4 Å². The Bertz CT molecular complexity index is 1510. The molecule has 0 unspecified atom stereocenters. The number of benzene rings is 2. The molecule has 14 heteroatoms. The van der Waals surface area contributed by atoms with Crippen LogP contribution in [-0.2, 0) is 14.8 Å². The van der Waals surface area contributed by atoms with Gasteiger partial charge in [-0.3, -0.25) is 14.8 Å². The summed E-state index contributed by atoms with van der Waals surface area (Å²) >= 11 is 5.62. The highest BCUT2D eigenvalue weighted by Crippen LogP contribution is 2.35. The van der Waals surface area contributed by atoms with Crippen LogP contribution in [0.3, 0.4) is 0 Å². The summed E-state index contributed by atoms with van der Waals surface area (Å²) < 4.78 is 69.7. The number of halogens is 4. The van der Waals surface area contributed by atoms with Crippen LogP contribution in [0.4, 0.5) is 35.2 Å². The van der Waals surface area contributed by atoms with Crippen molar-refractivity contribution in [2.75, 3.05) is 27.7 Å². The summed E-state index contributed by atoms with van der Waals surface area (Å²) in [5.74, 6) is -4.60. The molecule has 1 aliphatic rings. The van der Waals surface area contributed by atoms with Gasteiger partial charge in [0.05, 0.1) is 22.7 Å². The zero-order valence-electron chi connectivity index (χ0n) is 19.1. The molecule has 0 saturated carbocycles. The molecule has 9 nitrogen and oxygen atoms in total. The first kappa shape index (κ1) is 26.2. The zero-order chi connectivity index (χ0) is 26.9. The third kappa shape index (κ3) is 5.78. The van der Waals surface area contributed by atoms with Crippen molar-refractivity contribution < 1.29 is 31.2 Å². The Hall–Kier alpha value is -3.84. The van der Waals surface area contributed by atoms with Crippen molar-refractivity contribution in [1.29, 1.82) is 0 Å². The minimum absolute atomic E-state index is 0.0282. The van der Waals surface area contributed by atoms with Crippen molar-refractivity contribution in [3.8, 4) is 11.1 Å². The Balaban J connectivity index is 1.52. The van der Waals surface area contributed by atoms with Crippen LogP contribution in [0.15, 0.2) is 48.7 Å². The third-order valence-corrected chi connectivity index (χ3v) is 6.21. The maximum absolute atomic E-state index is 15.1. The minimum Gasteiger partial charge on any atom is -0.326 e. The Morgan fingerprint density at radius 3 is 2.54 bits per heavy atom. The second kappa shape index (κ2) is 10.3. The number of hydrogen-bond donors (Lipinski definition) is 3. The molecular formula is C23H19ClF3N5O4S. The number of nitrogens with one attached hydrogen (secondary N) is 3. The predicted octanol–water partition coefficient (Wildman–Crippen LogP) is 4.12. The zero-order valence-corrected chi connectivity index (χ0v) is 20.6. The van der Waals surface area contributed by atoms with Gasteiger partial charge in [-0.1, -0.05) is 29.8 Å². The van der Waals surface area contributed by atoms with Gasteiger partial charge in [0.15, 0.2) is 23.3 Å². The fraction of sp³-hybridized carbons (Fsp3) is 0.174. The molecule has 0 bridgehead atoms. The van der Waals surface area contributed by atoms with Crippen LogP contribution in [-0.4, -0.2) is 44.2 Å². The van der Waals surface area contributed by atoms with Crippen molar-refractivity contribution in [3.63, 3.8) is 0 Å². The van der Waals surface area contributed by atoms with Gasteiger partial charge >= 0.3 is 6.03 Å². The van der Waals surface area contributed by atoms with Crippen molar-refractivity contribution in [3.05, 3.63) is 71.1 Å². The quantitative estimate of drug-likeness (QED) is 0.424. The molecular weight excluding hydrogens is 535 g/mol. The van der Waals surface area contributed by atoms with Crippen LogP contribution in [0.5, 0.6) is 0 Å². The van der Waals surface area contributed by atoms with E-state index in [4.69, 9.17) is 11.6 Å². The van der Waals surface area contributed by atoms with Crippen molar-refractivity contribution in [2.24, 2.45) is 0 Å². The number of hydrogen-bond acceptors (Lipinski definition) is 5. The molecule has 4 rings (SSSR count). The Kier molecular flexibility index (Phi) is 7.28. The average Bonchev–Trinajstić information content (AvgIpc) is 3.17. The summed E-state index contributed by atoms with van der Waals surface area (Å²) in [6, 6.07) is 7.24. The van der Waals surface area contributed by atoms with Gasteiger partial charge in [0.1, 0.15) is 6.04 Å². The van der Waals surface area contributed by atoms with Gasteiger partial charge in [0.2, 0.25) is 15.9 Å². The van der Waals surface area contributed by atoms with Gasteiger partial charge in [0, 0.05) is 23.9 Å². The number of pyridine rings is 1. The number of rotatable bonds is 6. The fourth-order valence-electron chi connectivity index (χ4n) is 3.82. The fourth-order valence-corrected chi connectivity index (χ4v) is 4.55. The molecule has 2 heterocycles. The van der Waals surface area contributed by atoms with E-state index in [2.05, 4.69) is 20.3 Å². The first-order chi connectivity index (χ1) is 17.4. The normalized spacial score (nSPS) is 15.5. The SMILES string of the molecule is CS(=O)(=O)Nc1ccccc1-c1ccc(N2CC[C@@H](NC(=O)Nc3ncc(Cl)cc3F)C2=O)c(F)c1F. The summed E-state index contributed by atoms with van der Waals surface area (Å²) in [6.07, 6.45) is 2.13. The first-order valence-electron chi connectivity index (χ1n) is 10.7. The summed E-state index contributed by atoms with van der Waals surface area (Å²) in [5, 5.41) is 4.54. The Labute approximate surface area is 214 Å². The maximum Gasteiger partial charge on any atom is 0.321 e. The average molecular weight is 554 g/mol. The second-order valence-electron chi connectivity index (χ2n) is 8.09. The highest BCUT2D eigenvalue weighted by atomic mass is 35.5. The van der Waals surface area contributed by atoms with Gasteiger partial charge in [0.25, 0.3) is 0 Å². The van der Waals surface area contributed by atoms with E-state index in [1.165, 1.54) is 36.4 Å². The number of nitrogens with zero attached hydrogens (tertiary/aromatic N) is 2. The molecule has 1 fully saturated rings. The number of carbonyl (C=O) groups excluding carboxylic acids is 2. The molecule has 1 saturated heterocycles. The van der Waals surface area contributed by atoms with Gasteiger partial charge in [-0.2, -0.15) is 0 Å². The predicted molar refractivity (Wildman–Crippen MR) is 132 cm³/mol. The Morgan fingerprint density at radius 2 is 1.84 bits per heavy atom. The Morgan fingerprint density at radius 1 is 1.11 bits per heavy atom. The highest BCUT2D eigenvalue weighted by molar-refractivity contribution is 7.92. The van der Waals surface area contributed by atoms with E-state index in [0.717, 1.165) is 23.4 Å². The van der Waals surface area contributed by atoms with E-state index in [-0.39, 0.29) is 40.5 Å². The van der Waals surface area contributed by atoms with Gasteiger partial charge in [-0.15, -0.1) is 0 Å². The summed E-state index contributed by atoms with van der Waals surface area (Å²) in [7, 11) is -3.69. The highest BCUT2D eigenvalue weighted by Gasteiger charge is 2.36. The number of carbonyl (C=O) groups is 2. The molecule has 0 radical (unpaired) electrons. The number of anilines is 3. The summed E-state index contributed by atoms with van der Waals surface area (Å²) in [4.78, 5) is 29.7. The lowest BCUT2D eigenvalue weighted by atomic mass is 10.0. The van der Waals surface area contributed by atoms with Crippen molar-refractivity contribution >= 4 is 50.8 Å². The number of urea groups is 1. The van der Waals surface area contributed by atoms with Crippen molar-refractivity contribution in [2.45, 2.75) is 12.5 Å². The van der Waals surface area contributed by atoms with Crippen LogP contribution >= 0.6 is 11.6 Å². The second-order valence-corrected chi connectivity index (χ2v) is 10.3. The van der Waals surface area contributed by atoms with E-state index in [1.54, 1.807) is 0 Å². The number of amides is 3. The van der Waals surface area contributed by atoms with Crippen molar-refractivity contribution in [1.82, 2.24) is 10.3 Å². The van der Waals surface area contributed by atoms with E-state index in [0.29, 0.717) is 0 Å². The largest absolute Gasteiger partial charge is 0.326 e. The lowest BCUT2D eigenvalue weighted by Crippen LogP contribution is -2.43. The summed E-state index contributed by atoms with van der Waals surface area (Å²) in [6.45, 7) is -0.0285. The molecule has 1 atom stereocenters. The minimum atomic E-state index is -3.69. The van der Waals surface area contributed by atoms with Crippen LogP contribution in [0.1, 0.15) is 6.42 Å². The molecule has 0 spiro atoms. The van der Waals surface area contributed by atoms with Gasteiger partial charge < -0.3 is 10.2 Å². The van der Waals surface area contributed by atoms with Crippen LogP contribution in [0.2, 0.25) is 5.02 Å². The molecule has 0 aliphatic carbocycles. The molecule has 194 valence electrons. The number of aromatic nitrogens is 1. The lowest BCUT2D eigenvalue weighted by molar-refractivity contribution is -0.118. The standard InChI is InChI=1S/C23H19ClF3N5O4S/c1-37(35,36)31-16-5-3-2-4-13(16)14-6-7-18(20(27)19(14)26)32-9-8-17(22(32)33)29-23(34)30-21-15(25)10-12(24)11-28-21/h2-7,10-11,17,31H,8-9H2,1H3,(H2,28,29,30,34)/t17-/m1/s1. The molecule has 1 aromatic heterocycles. The maximum atomic E-state index is 15.1. The lowest BCUT2D eigenvalue weighted by Gasteiger charge is -2.20. The number of para-hydroxylation sites is 1. The molecule has 3 aromatic rings. The molecule has 37 heavy (non-hydrogen) atoms. The van der Waals surface area contributed by atoms with Crippen LogP contribution in [0.25, 0.3) is 11.1 Å². The molecule has 1 aliphatic heterocycles. The molecule has 3 N–H and O–H groups in total. The third-order valence-electron chi connectivity index (χ3n) is 5.42. The van der Waals surface area contributed by atoms with E-state index >= 15 is 8.78 Å². The smallest absolute Gasteiger partial charge is 0.321 e. The topological polar surface area (TPSA) is 120 Å². The summed E-state index contributed by atoms with van der Waals surface area (Å²) in [5.41, 5.74) is -0.417. The van der Waals surface area contributed by atoms with Crippen LogP contribution < -0.4 is 20.3 Å². The van der Waals surface area contributed by atoms with Gasteiger partial charge in [-0.25, -0.2) is 31.4 Å². The monoisotopic (exact) mass is 553 g/mol. The number of sulfonamides is 1. The molecule has 2 aromatic carbocycles.